The number of hydrogen-bond acceptors (Lipinski definition) is 1. The van der Waals surface area contributed by atoms with Gasteiger partial charge in [0, 0.05) is 0 Å². The molecule has 256 valence electrons. The van der Waals surface area contributed by atoms with Crippen LogP contribution in [0.15, 0.2) is 84.9 Å². The second-order valence-electron chi connectivity index (χ2n) is 15.9. The van der Waals surface area contributed by atoms with Crippen molar-refractivity contribution >= 4 is 33.5 Å². The Balaban J connectivity index is 1.80. The minimum absolute atomic E-state index is 0.395. The van der Waals surface area contributed by atoms with Gasteiger partial charge in [0.1, 0.15) is 0 Å². The first kappa shape index (κ1) is 35.2. The van der Waals surface area contributed by atoms with E-state index in [2.05, 4.69) is 126 Å². The quantitative estimate of drug-likeness (QED) is 0.138. The number of nitrogens with two attached hydrogens (primary N) is 1. The molecule has 2 saturated carbocycles. The molecule has 0 atom stereocenters. The van der Waals surface area contributed by atoms with Crippen LogP contribution in [0.5, 0.6) is 0 Å². The summed E-state index contributed by atoms with van der Waals surface area (Å²) in [4.78, 5) is 0. The third-order valence-electron chi connectivity index (χ3n) is 12.0. The van der Waals surface area contributed by atoms with Crippen molar-refractivity contribution in [3.05, 3.63) is 102 Å². The number of halogens is 1. The fourth-order valence-electron chi connectivity index (χ4n) is 9.57. The predicted molar refractivity (Wildman–Crippen MR) is 216 cm³/mol. The Kier molecular flexibility index (Phi) is 10.5. The number of rotatable bonds is 9. The summed E-state index contributed by atoms with van der Waals surface area (Å²) in [7, 11) is 0. The molecule has 4 aromatic carbocycles. The third kappa shape index (κ3) is 5.96. The molecule has 0 amide bonds. The molecule has 1 nitrogen and oxygen atoms in total. The number of para-hydroxylation sites is 1. The van der Waals surface area contributed by atoms with Crippen molar-refractivity contribution in [2.24, 2.45) is 0 Å². The Labute approximate surface area is 296 Å². The second kappa shape index (κ2) is 14.3. The molecule has 0 aromatic heterocycles. The summed E-state index contributed by atoms with van der Waals surface area (Å²) < 4.78 is 0. The van der Waals surface area contributed by atoms with Gasteiger partial charge in [-0.1, -0.05) is 0 Å². The molecule has 2 N–H and O–H groups in total. The fourth-order valence-corrected chi connectivity index (χ4v) is 18.9. The zero-order valence-electron chi connectivity index (χ0n) is 30.4. The molecule has 0 heterocycles. The molecule has 2 aliphatic rings. The van der Waals surface area contributed by atoms with Crippen molar-refractivity contribution in [3.8, 4) is 22.3 Å². The molecule has 2 fully saturated rings. The van der Waals surface area contributed by atoms with Crippen LogP contribution in [-0.4, -0.2) is 11.3 Å². The summed E-state index contributed by atoms with van der Waals surface area (Å²) in [5, 5.41) is 2.84. The van der Waals surface area contributed by atoms with Gasteiger partial charge in [-0.05, 0) is 0 Å². The van der Waals surface area contributed by atoms with Gasteiger partial charge in [-0.25, -0.2) is 0 Å². The van der Waals surface area contributed by atoms with Gasteiger partial charge in [-0.3, -0.25) is 0 Å². The maximum atomic E-state index is 9.40. The van der Waals surface area contributed by atoms with E-state index in [9.17, 15) is 11.2 Å². The average molecular weight is 680 g/mol. The van der Waals surface area contributed by atoms with Crippen LogP contribution in [0.1, 0.15) is 140 Å². The van der Waals surface area contributed by atoms with E-state index in [1.807, 2.05) is 0 Å². The van der Waals surface area contributed by atoms with E-state index >= 15 is 0 Å². The molecule has 6 rings (SSSR count). The van der Waals surface area contributed by atoms with E-state index in [1.165, 1.54) is 108 Å². The van der Waals surface area contributed by atoms with E-state index in [0.29, 0.717) is 29.1 Å². The molecular formula is C45H59ClNP. The SMILES string of the molecule is CC(C)c1cc(C(C)C)c(-c2ccccc2P(Cl)(c2ccccc2-c2ccccc2N)(C2CCCCC2)C2CCCCC2)c(C(C)C)c1. The van der Waals surface area contributed by atoms with E-state index in [0.717, 1.165) is 11.3 Å². The standard InChI is InChI=1S/C45H59ClNP/c1-31(2)34-29-40(32(3)4)45(41(30-34)33(5)6)39-25-15-18-28-44(39)48(46,35-19-9-7-10-20-35,36-21-11-8-12-22-36)43-27-17-14-24-38(43)37-23-13-16-26-42(37)47/h13-18,23-33,35-36H,7-12,19-22,47H2,1-6H3. The van der Waals surface area contributed by atoms with Gasteiger partial charge >= 0.3 is 298 Å². The summed E-state index contributed by atoms with van der Waals surface area (Å²) in [6, 6.07) is 32.3. The summed E-state index contributed by atoms with van der Waals surface area (Å²) in [6.07, 6.45) is 12.5. The van der Waals surface area contributed by atoms with Crippen molar-refractivity contribution in [3.63, 3.8) is 0 Å². The maximum absolute atomic E-state index is 9.40. The van der Waals surface area contributed by atoms with Gasteiger partial charge in [-0.2, -0.15) is 0 Å². The van der Waals surface area contributed by atoms with Crippen molar-refractivity contribution in [1.29, 1.82) is 0 Å². The molecule has 48 heavy (non-hydrogen) atoms. The van der Waals surface area contributed by atoms with Crippen LogP contribution in [0, 0.1) is 0 Å². The van der Waals surface area contributed by atoms with Gasteiger partial charge in [-0.15, -0.1) is 0 Å². The molecule has 0 bridgehead atoms. The molecule has 0 unspecified atom stereocenters. The van der Waals surface area contributed by atoms with Crippen LogP contribution < -0.4 is 16.3 Å². The number of hydrogen-bond donors (Lipinski definition) is 1. The zero-order valence-corrected chi connectivity index (χ0v) is 32.1. The van der Waals surface area contributed by atoms with E-state index in [4.69, 9.17) is 5.73 Å². The molecule has 0 saturated heterocycles. The van der Waals surface area contributed by atoms with Gasteiger partial charge in [0.25, 0.3) is 0 Å². The third-order valence-corrected chi connectivity index (χ3v) is 21.4. The van der Waals surface area contributed by atoms with Gasteiger partial charge < -0.3 is 0 Å². The minimum atomic E-state index is -3.51. The van der Waals surface area contributed by atoms with Gasteiger partial charge in [0.15, 0.2) is 0 Å². The van der Waals surface area contributed by atoms with Crippen LogP contribution in [0.4, 0.5) is 5.69 Å². The average Bonchev–Trinajstić information content (AvgIpc) is 3.11. The van der Waals surface area contributed by atoms with Crippen LogP contribution in [0.25, 0.3) is 22.3 Å². The normalized spacial score (nSPS) is 17.6. The molecule has 0 radical (unpaired) electrons. The molecule has 0 aliphatic heterocycles. The van der Waals surface area contributed by atoms with Crippen LogP contribution in [0.3, 0.4) is 0 Å². The van der Waals surface area contributed by atoms with E-state index in [1.54, 1.807) is 0 Å². The van der Waals surface area contributed by atoms with Gasteiger partial charge in [0.05, 0.1) is 0 Å². The number of nitrogen functional groups attached to an aromatic ring is 1. The summed E-state index contributed by atoms with van der Waals surface area (Å²) in [5.74, 6) is -2.24. The summed E-state index contributed by atoms with van der Waals surface area (Å²) in [6.45, 7) is 14.2. The zero-order chi connectivity index (χ0) is 34.1. The molecular weight excluding hydrogens is 621 g/mol. The monoisotopic (exact) mass is 679 g/mol. The topological polar surface area (TPSA) is 26.0 Å². The fraction of sp³-hybridized carbons (Fsp3) is 0.467. The van der Waals surface area contributed by atoms with Crippen LogP contribution >= 0.6 is 17.2 Å². The number of anilines is 1. The van der Waals surface area contributed by atoms with Crippen molar-refractivity contribution < 1.29 is 0 Å². The van der Waals surface area contributed by atoms with Crippen molar-refractivity contribution in [2.75, 3.05) is 5.73 Å². The molecule has 2 aliphatic carbocycles. The molecule has 4 aromatic rings. The van der Waals surface area contributed by atoms with Gasteiger partial charge in [0.2, 0.25) is 0 Å². The summed E-state index contributed by atoms with van der Waals surface area (Å²) >= 11 is 9.40. The van der Waals surface area contributed by atoms with E-state index < -0.39 is 5.96 Å². The Morgan fingerprint density at radius 3 is 1.42 bits per heavy atom. The first-order chi connectivity index (χ1) is 23.1. The predicted octanol–water partition coefficient (Wildman–Crippen LogP) is 13.3. The first-order valence-electron chi connectivity index (χ1n) is 19.0. The molecule has 0 spiro atoms. The van der Waals surface area contributed by atoms with Crippen LogP contribution in [0.2, 0.25) is 0 Å². The second-order valence-corrected chi connectivity index (χ2v) is 22.8. The Hall–Kier alpha value is -2.60. The van der Waals surface area contributed by atoms with E-state index in [-0.39, 0.29) is 0 Å². The van der Waals surface area contributed by atoms with Crippen LogP contribution in [-0.2, 0) is 0 Å². The van der Waals surface area contributed by atoms with Crippen molar-refractivity contribution in [2.45, 2.75) is 135 Å². The Bertz CT molecular complexity index is 1680. The Morgan fingerprint density at radius 1 is 0.542 bits per heavy atom. The first-order valence-corrected chi connectivity index (χ1v) is 22.3. The molecule has 3 heteroatoms. The number of benzene rings is 4. The summed E-state index contributed by atoms with van der Waals surface area (Å²) in [5.41, 5.74) is 18.1. The van der Waals surface area contributed by atoms with Crippen molar-refractivity contribution in [1.82, 2.24) is 0 Å². The Morgan fingerprint density at radius 2 is 0.958 bits per heavy atom.